The molecule has 1 amide bonds. The van der Waals surface area contributed by atoms with Crippen molar-refractivity contribution in [2.75, 3.05) is 5.32 Å². The van der Waals surface area contributed by atoms with Gasteiger partial charge in [0.05, 0.1) is 17.8 Å². The Hall–Kier alpha value is -3.95. The summed E-state index contributed by atoms with van der Waals surface area (Å²) in [5.74, 6) is 0.553. The van der Waals surface area contributed by atoms with Crippen molar-refractivity contribution in [1.82, 2.24) is 40.4 Å². The average molecular weight is 361 g/mol. The van der Waals surface area contributed by atoms with Crippen LogP contribution in [-0.4, -0.2) is 46.3 Å². The van der Waals surface area contributed by atoms with Crippen LogP contribution in [0.4, 0.5) is 5.69 Å². The second kappa shape index (κ2) is 7.12. The van der Waals surface area contributed by atoms with E-state index in [1.54, 1.807) is 9.36 Å². The molecule has 27 heavy (non-hydrogen) atoms. The number of tetrazole rings is 2. The number of aryl methyl sites for hydroxylation is 1. The molecule has 0 saturated carbocycles. The first-order valence-electron chi connectivity index (χ1n) is 8.16. The number of carbonyl (C=O) groups excluding carboxylic acids is 1. The Morgan fingerprint density at radius 2 is 1.89 bits per heavy atom. The van der Waals surface area contributed by atoms with Gasteiger partial charge in [0.1, 0.15) is 6.33 Å². The number of benzene rings is 2. The third-order valence-electron chi connectivity index (χ3n) is 3.91. The fraction of sp³-hybridized carbons (Fsp3) is 0.118. The van der Waals surface area contributed by atoms with Gasteiger partial charge in [-0.05, 0) is 63.7 Å². The van der Waals surface area contributed by atoms with E-state index >= 15 is 0 Å². The zero-order chi connectivity index (χ0) is 18.6. The van der Waals surface area contributed by atoms with Crippen LogP contribution >= 0.6 is 0 Å². The minimum atomic E-state index is -0.115. The molecular weight excluding hydrogens is 346 g/mol. The molecule has 0 unspecified atom stereocenters. The molecule has 1 N–H and O–H groups in total. The van der Waals surface area contributed by atoms with Crippen LogP contribution in [0.15, 0.2) is 54.9 Å². The highest BCUT2D eigenvalue weighted by molar-refractivity contribution is 5.92. The first-order chi connectivity index (χ1) is 13.2. The SMILES string of the molecule is Cc1nnnn1-c1cccc(NC(=O)Cc2ccc(-n3cnnn3)cc2)c1. The molecule has 2 aromatic heterocycles. The van der Waals surface area contributed by atoms with E-state index in [2.05, 4.69) is 36.4 Å². The largest absolute Gasteiger partial charge is 0.326 e. The molecule has 4 rings (SSSR count). The average Bonchev–Trinajstić information content (AvgIpc) is 3.34. The van der Waals surface area contributed by atoms with E-state index < -0.39 is 0 Å². The Morgan fingerprint density at radius 3 is 2.59 bits per heavy atom. The molecule has 10 heteroatoms. The lowest BCUT2D eigenvalue weighted by Gasteiger charge is -2.08. The van der Waals surface area contributed by atoms with Crippen LogP contribution in [0, 0.1) is 6.92 Å². The Balaban J connectivity index is 1.43. The molecule has 4 aromatic rings. The van der Waals surface area contributed by atoms with Crippen LogP contribution in [0.1, 0.15) is 11.4 Å². The monoisotopic (exact) mass is 361 g/mol. The van der Waals surface area contributed by atoms with E-state index in [-0.39, 0.29) is 12.3 Å². The molecular formula is C17H15N9O. The molecule has 0 aliphatic carbocycles. The summed E-state index contributed by atoms with van der Waals surface area (Å²) in [7, 11) is 0. The van der Waals surface area contributed by atoms with E-state index in [4.69, 9.17) is 0 Å². The Kier molecular flexibility index (Phi) is 4.35. The topological polar surface area (TPSA) is 116 Å². The van der Waals surface area contributed by atoms with Crippen molar-refractivity contribution in [1.29, 1.82) is 0 Å². The van der Waals surface area contributed by atoms with Crippen LogP contribution in [0.2, 0.25) is 0 Å². The second-order valence-corrected chi connectivity index (χ2v) is 5.83. The van der Waals surface area contributed by atoms with Gasteiger partial charge in [0.25, 0.3) is 0 Å². The fourth-order valence-corrected chi connectivity index (χ4v) is 2.62. The second-order valence-electron chi connectivity index (χ2n) is 5.83. The molecule has 0 aliphatic rings. The van der Waals surface area contributed by atoms with Crippen LogP contribution in [0.25, 0.3) is 11.4 Å². The van der Waals surface area contributed by atoms with E-state index in [0.29, 0.717) is 11.5 Å². The van der Waals surface area contributed by atoms with Gasteiger partial charge in [-0.2, -0.15) is 4.68 Å². The van der Waals surface area contributed by atoms with Gasteiger partial charge < -0.3 is 5.32 Å². The van der Waals surface area contributed by atoms with Gasteiger partial charge in [0, 0.05) is 5.69 Å². The number of rotatable bonds is 5. The van der Waals surface area contributed by atoms with Crippen molar-refractivity contribution >= 4 is 11.6 Å². The molecule has 2 aromatic carbocycles. The van der Waals surface area contributed by atoms with E-state index in [1.165, 1.54) is 6.33 Å². The molecule has 10 nitrogen and oxygen atoms in total. The molecule has 0 bridgehead atoms. The fourth-order valence-electron chi connectivity index (χ4n) is 2.62. The number of nitrogens with zero attached hydrogens (tertiary/aromatic N) is 8. The maximum Gasteiger partial charge on any atom is 0.228 e. The van der Waals surface area contributed by atoms with Crippen LogP contribution in [-0.2, 0) is 11.2 Å². The van der Waals surface area contributed by atoms with Gasteiger partial charge in [0.2, 0.25) is 5.91 Å². The molecule has 0 radical (unpaired) electrons. The van der Waals surface area contributed by atoms with Gasteiger partial charge in [-0.1, -0.05) is 18.2 Å². The summed E-state index contributed by atoms with van der Waals surface area (Å²) < 4.78 is 3.16. The zero-order valence-corrected chi connectivity index (χ0v) is 14.4. The molecule has 2 heterocycles. The van der Waals surface area contributed by atoms with E-state index in [9.17, 15) is 4.79 Å². The maximum atomic E-state index is 12.4. The van der Waals surface area contributed by atoms with Gasteiger partial charge in [0.15, 0.2) is 5.82 Å². The van der Waals surface area contributed by atoms with Gasteiger partial charge in [-0.15, -0.1) is 10.2 Å². The lowest BCUT2D eigenvalue weighted by molar-refractivity contribution is -0.115. The number of aromatic nitrogens is 8. The zero-order valence-electron chi connectivity index (χ0n) is 14.4. The van der Waals surface area contributed by atoms with Crippen molar-refractivity contribution in [3.63, 3.8) is 0 Å². The van der Waals surface area contributed by atoms with Crippen molar-refractivity contribution in [2.24, 2.45) is 0 Å². The smallest absolute Gasteiger partial charge is 0.228 e. The van der Waals surface area contributed by atoms with E-state index in [1.807, 2.05) is 55.5 Å². The van der Waals surface area contributed by atoms with Gasteiger partial charge in [-0.3, -0.25) is 4.79 Å². The summed E-state index contributed by atoms with van der Waals surface area (Å²) >= 11 is 0. The molecule has 134 valence electrons. The maximum absolute atomic E-state index is 12.4. The highest BCUT2D eigenvalue weighted by Gasteiger charge is 2.08. The minimum absolute atomic E-state index is 0.115. The standard InChI is InChI=1S/C17H15N9O/c1-12-20-22-24-26(12)16-4-2-3-14(10-16)19-17(27)9-13-5-7-15(8-6-13)25-11-18-21-23-25/h2-8,10-11H,9H2,1H3,(H,19,27). The molecule has 0 aliphatic heterocycles. The lowest BCUT2D eigenvalue weighted by atomic mass is 10.1. The van der Waals surface area contributed by atoms with Crippen molar-refractivity contribution < 1.29 is 4.79 Å². The van der Waals surface area contributed by atoms with Gasteiger partial charge in [-0.25, -0.2) is 4.68 Å². The van der Waals surface area contributed by atoms with Crippen molar-refractivity contribution in [3.8, 4) is 11.4 Å². The summed E-state index contributed by atoms with van der Waals surface area (Å²) in [5, 5.41) is 25.4. The highest BCUT2D eigenvalue weighted by atomic mass is 16.1. The quantitative estimate of drug-likeness (QED) is 0.566. The number of anilines is 1. The predicted octanol–water partition coefficient (Wildman–Crippen LogP) is 1.13. The number of carbonyl (C=O) groups is 1. The van der Waals surface area contributed by atoms with Crippen LogP contribution in [0.5, 0.6) is 0 Å². The lowest BCUT2D eigenvalue weighted by Crippen LogP contribution is -2.14. The Labute approximate surface area is 153 Å². The van der Waals surface area contributed by atoms with Crippen molar-refractivity contribution in [2.45, 2.75) is 13.3 Å². The van der Waals surface area contributed by atoms with Crippen LogP contribution in [0.3, 0.4) is 0 Å². The van der Waals surface area contributed by atoms with Gasteiger partial charge >= 0.3 is 0 Å². The first kappa shape index (κ1) is 16.5. The summed E-state index contributed by atoms with van der Waals surface area (Å²) in [6.07, 6.45) is 1.77. The predicted molar refractivity (Wildman–Crippen MR) is 95.4 cm³/mol. The Bertz CT molecular complexity index is 1050. The molecule has 0 spiro atoms. The number of amides is 1. The highest BCUT2D eigenvalue weighted by Crippen LogP contribution is 2.15. The summed E-state index contributed by atoms with van der Waals surface area (Å²) in [5.41, 5.74) is 3.17. The number of hydrogen-bond acceptors (Lipinski definition) is 7. The van der Waals surface area contributed by atoms with Crippen molar-refractivity contribution in [3.05, 3.63) is 66.2 Å². The molecule has 0 atom stereocenters. The van der Waals surface area contributed by atoms with E-state index in [0.717, 1.165) is 16.9 Å². The summed E-state index contributed by atoms with van der Waals surface area (Å²) in [4.78, 5) is 12.4. The summed E-state index contributed by atoms with van der Waals surface area (Å²) in [6, 6.07) is 14.8. The minimum Gasteiger partial charge on any atom is -0.326 e. The molecule has 0 saturated heterocycles. The third-order valence-corrected chi connectivity index (χ3v) is 3.91. The van der Waals surface area contributed by atoms with Crippen LogP contribution < -0.4 is 5.32 Å². The molecule has 0 fully saturated rings. The number of nitrogens with one attached hydrogen (secondary N) is 1. The number of hydrogen-bond donors (Lipinski definition) is 1. The summed E-state index contributed by atoms with van der Waals surface area (Å²) in [6.45, 7) is 1.81. The Morgan fingerprint density at radius 1 is 1.04 bits per heavy atom. The third kappa shape index (κ3) is 3.68. The first-order valence-corrected chi connectivity index (χ1v) is 8.16. The normalized spacial score (nSPS) is 10.7.